The molecule has 0 atom stereocenters. The summed E-state index contributed by atoms with van der Waals surface area (Å²) < 4.78 is 26.2. The molecule has 0 fully saturated rings. The predicted molar refractivity (Wildman–Crippen MR) is 65.2 cm³/mol. The average molecular weight is 262 g/mol. The molecule has 0 aliphatic rings. The second-order valence-corrected chi connectivity index (χ2v) is 6.10. The Bertz CT molecular complexity index is 480. The molecule has 0 aromatic carbocycles. The van der Waals surface area contributed by atoms with Crippen LogP contribution < -0.4 is 5.73 Å². The summed E-state index contributed by atoms with van der Waals surface area (Å²) in [7, 11) is -0.161. The van der Waals surface area contributed by atoms with Crippen LogP contribution in [0.3, 0.4) is 0 Å². The van der Waals surface area contributed by atoms with Crippen molar-refractivity contribution in [3.05, 3.63) is 18.0 Å². The third-order valence-corrected chi connectivity index (χ3v) is 4.04. The summed E-state index contributed by atoms with van der Waals surface area (Å²) in [6.45, 7) is 0.263. The number of hydrogen-bond acceptors (Lipinski definition) is 4. The number of rotatable bonds is 5. The molecule has 0 amide bonds. The standard InChI is InChI=1S/C8H14N4O2S2/c1-11-4-7(3-10-11)5-12(2)16(13,14)6-8(9)15/h3-4H,5-6H2,1-2H3,(H2,9,15). The van der Waals surface area contributed by atoms with Gasteiger partial charge < -0.3 is 5.73 Å². The molecule has 0 radical (unpaired) electrons. The van der Waals surface area contributed by atoms with Gasteiger partial charge in [-0.05, 0) is 0 Å². The van der Waals surface area contributed by atoms with E-state index in [9.17, 15) is 8.42 Å². The second-order valence-electron chi connectivity index (χ2n) is 3.50. The van der Waals surface area contributed by atoms with Crippen molar-refractivity contribution >= 4 is 27.2 Å². The zero-order chi connectivity index (χ0) is 12.3. The van der Waals surface area contributed by atoms with Crippen LogP contribution in [-0.2, 0) is 23.6 Å². The van der Waals surface area contributed by atoms with Gasteiger partial charge in [0.25, 0.3) is 0 Å². The SMILES string of the molecule is CN(Cc1cnn(C)c1)S(=O)(=O)CC(N)=S. The zero-order valence-corrected chi connectivity index (χ0v) is 10.8. The summed E-state index contributed by atoms with van der Waals surface area (Å²) >= 11 is 4.59. The lowest BCUT2D eigenvalue weighted by molar-refractivity contribution is 0.470. The van der Waals surface area contributed by atoms with Gasteiger partial charge in [0.1, 0.15) is 5.75 Å². The minimum absolute atomic E-state index is 0.0296. The summed E-state index contributed by atoms with van der Waals surface area (Å²) in [4.78, 5) is -0.0296. The van der Waals surface area contributed by atoms with E-state index in [1.807, 2.05) is 0 Å². The van der Waals surface area contributed by atoms with Crippen LogP contribution in [0.5, 0.6) is 0 Å². The Labute approximate surface area is 100 Å². The largest absolute Gasteiger partial charge is 0.392 e. The summed E-state index contributed by atoms with van der Waals surface area (Å²) in [5.74, 6) is -0.306. The smallest absolute Gasteiger partial charge is 0.220 e. The average Bonchev–Trinajstić information content (AvgIpc) is 2.48. The fraction of sp³-hybridized carbons (Fsp3) is 0.500. The van der Waals surface area contributed by atoms with Gasteiger partial charge in [-0.1, -0.05) is 12.2 Å². The molecule has 0 saturated carbocycles. The van der Waals surface area contributed by atoms with Crippen LogP contribution in [0.2, 0.25) is 0 Å². The number of thiocarbonyl (C=S) groups is 1. The molecule has 90 valence electrons. The van der Waals surface area contributed by atoms with Crippen LogP contribution in [-0.4, -0.2) is 40.3 Å². The van der Waals surface area contributed by atoms with Crippen LogP contribution in [0, 0.1) is 0 Å². The number of aryl methyl sites for hydroxylation is 1. The van der Waals surface area contributed by atoms with E-state index >= 15 is 0 Å². The fourth-order valence-electron chi connectivity index (χ4n) is 1.20. The fourth-order valence-corrected chi connectivity index (χ4v) is 2.57. The van der Waals surface area contributed by atoms with Crippen molar-refractivity contribution in [1.82, 2.24) is 14.1 Å². The summed E-state index contributed by atoms with van der Waals surface area (Å²) in [5.41, 5.74) is 6.04. The van der Waals surface area contributed by atoms with E-state index in [4.69, 9.17) is 5.73 Å². The molecular formula is C8H14N4O2S2. The number of aromatic nitrogens is 2. The van der Waals surface area contributed by atoms with Crippen molar-refractivity contribution in [2.75, 3.05) is 12.8 Å². The van der Waals surface area contributed by atoms with E-state index in [2.05, 4.69) is 17.3 Å². The topological polar surface area (TPSA) is 81.2 Å². The van der Waals surface area contributed by atoms with Crippen molar-refractivity contribution < 1.29 is 8.42 Å². The van der Waals surface area contributed by atoms with Crippen LogP contribution in [0.25, 0.3) is 0 Å². The van der Waals surface area contributed by atoms with Crippen molar-refractivity contribution in [3.63, 3.8) is 0 Å². The van der Waals surface area contributed by atoms with Gasteiger partial charge in [0.05, 0.1) is 11.2 Å². The molecule has 0 saturated heterocycles. The molecule has 0 spiro atoms. The zero-order valence-electron chi connectivity index (χ0n) is 9.12. The van der Waals surface area contributed by atoms with Crippen molar-refractivity contribution in [2.24, 2.45) is 12.8 Å². The Morgan fingerprint density at radius 3 is 2.75 bits per heavy atom. The van der Waals surface area contributed by atoms with Crippen LogP contribution in [0.1, 0.15) is 5.56 Å². The first kappa shape index (κ1) is 13.1. The minimum atomic E-state index is -3.42. The number of nitrogens with two attached hydrogens (primary N) is 1. The third kappa shape index (κ3) is 3.54. The van der Waals surface area contributed by atoms with E-state index in [0.29, 0.717) is 0 Å². The monoisotopic (exact) mass is 262 g/mol. The lowest BCUT2D eigenvalue weighted by atomic mass is 10.4. The van der Waals surface area contributed by atoms with Crippen molar-refractivity contribution in [2.45, 2.75) is 6.54 Å². The quantitative estimate of drug-likeness (QED) is 0.721. The molecule has 1 aromatic rings. The van der Waals surface area contributed by atoms with Gasteiger partial charge >= 0.3 is 0 Å². The first-order valence-electron chi connectivity index (χ1n) is 4.51. The van der Waals surface area contributed by atoms with Gasteiger partial charge in [-0.3, -0.25) is 4.68 Å². The minimum Gasteiger partial charge on any atom is -0.392 e. The van der Waals surface area contributed by atoms with Crippen LogP contribution >= 0.6 is 12.2 Å². The normalized spacial score (nSPS) is 11.9. The van der Waals surface area contributed by atoms with Gasteiger partial charge in [-0.15, -0.1) is 0 Å². The van der Waals surface area contributed by atoms with Crippen LogP contribution in [0.4, 0.5) is 0 Å². The number of nitrogens with zero attached hydrogens (tertiary/aromatic N) is 3. The molecule has 6 nitrogen and oxygen atoms in total. The van der Waals surface area contributed by atoms with Gasteiger partial charge in [0.15, 0.2) is 0 Å². The molecule has 0 aliphatic heterocycles. The Morgan fingerprint density at radius 2 is 2.31 bits per heavy atom. The van der Waals surface area contributed by atoms with E-state index < -0.39 is 10.0 Å². The summed E-state index contributed by atoms with van der Waals surface area (Å²) in [6.07, 6.45) is 3.37. The molecule has 0 unspecified atom stereocenters. The van der Waals surface area contributed by atoms with Crippen LogP contribution in [0.15, 0.2) is 12.4 Å². The van der Waals surface area contributed by atoms with E-state index in [1.54, 1.807) is 24.1 Å². The molecular weight excluding hydrogens is 248 g/mol. The maximum Gasteiger partial charge on any atom is 0.220 e. The predicted octanol–water partition coefficient (Wildman–Crippen LogP) is -0.532. The Hall–Kier alpha value is -0.990. The Morgan fingerprint density at radius 1 is 1.69 bits per heavy atom. The molecule has 0 aliphatic carbocycles. The molecule has 1 aromatic heterocycles. The Balaban J connectivity index is 2.72. The molecule has 8 heteroatoms. The summed E-state index contributed by atoms with van der Waals surface area (Å²) in [5, 5.41) is 3.96. The highest BCUT2D eigenvalue weighted by molar-refractivity contribution is 7.92. The summed E-state index contributed by atoms with van der Waals surface area (Å²) in [6, 6.07) is 0. The molecule has 1 rings (SSSR count). The van der Waals surface area contributed by atoms with Crippen molar-refractivity contribution in [1.29, 1.82) is 0 Å². The highest BCUT2D eigenvalue weighted by Crippen LogP contribution is 2.06. The maximum absolute atomic E-state index is 11.7. The lowest BCUT2D eigenvalue weighted by Gasteiger charge is -2.15. The Kier molecular flexibility index (Phi) is 4.00. The van der Waals surface area contributed by atoms with Gasteiger partial charge in [0.2, 0.25) is 10.0 Å². The molecule has 0 bridgehead atoms. The number of hydrogen-bond donors (Lipinski definition) is 1. The molecule has 2 N–H and O–H groups in total. The number of sulfonamides is 1. The highest BCUT2D eigenvalue weighted by atomic mass is 32.2. The molecule has 1 heterocycles. The first-order valence-corrected chi connectivity index (χ1v) is 6.53. The van der Waals surface area contributed by atoms with Crippen molar-refractivity contribution in [3.8, 4) is 0 Å². The van der Waals surface area contributed by atoms with Gasteiger partial charge in [-0.25, -0.2) is 12.7 Å². The van der Waals surface area contributed by atoms with E-state index in [-0.39, 0.29) is 17.3 Å². The second kappa shape index (κ2) is 4.89. The van der Waals surface area contributed by atoms with E-state index in [0.717, 1.165) is 5.56 Å². The van der Waals surface area contributed by atoms with Gasteiger partial charge in [0, 0.05) is 32.4 Å². The molecule has 16 heavy (non-hydrogen) atoms. The highest BCUT2D eigenvalue weighted by Gasteiger charge is 2.19. The van der Waals surface area contributed by atoms with E-state index in [1.165, 1.54) is 11.4 Å². The third-order valence-electron chi connectivity index (χ3n) is 1.96. The maximum atomic E-state index is 11.7. The lowest BCUT2D eigenvalue weighted by Crippen LogP contribution is -2.33. The van der Waals surface area contributed by atoms with Gasteiger partial charge in [-0.2, -0.15) is 5.10 Å². The first-order chi connectivity index (χ1) is 7.31.